The maximum atomic E-state index is 5.71. The van der Waals surface area contributed by atoms with E-state index in [0.29, 0.717) is 19.1 Å². The summed E-state index contributed by atoms with van der Waals surface area (Å²) >= 11 is 0. The number of nitrogens with one attached hydrogen (secondary N) is 2. The minimum Gasteiger partial charge on any atom is -0.497 e. The van der Waals surface area contributed by atoms with E-state index in [0.717, 1.165) is 28.7 Å². The van der Waals surface area contributed by atoms with Crippen LogP contribution in [0.5, 0.6) is 11.5 Å². The number of aryl methyl sites for hydroxylation is 1. The first-order valence-electron chi connectivity index (χ1n) is 8.41. The van der Waals surface area contributed by atoms with Gasteiger partial charge in [-0.1, -0.05) is 18.2 Å². The second-order valence-corrected chi connectivity index (χ2v) is 5.66. The monoisotopic (exact) mass is 350 g/mol. The number of hydrogen-bond acceptors (Lipinski definition) is 6. The van der Waals surface area contributed by atoms with Crippen LogP contribution < -0.4 is 20.1 Å². The Kier molecular flexibility index (Phi) is 5.88. The molecule has 0 saturated carbocycles. The van der Waals surface area contributed by atoms with Crippen LogP contribution in [0, 0.1) is 6.92 Å². The zero-order valence-corrected chi connectivity index (χ0v) is 14.9. The van der Waals surface area contributed by atoms with Gasteiger partial charge >= 0.3 is 0 Å². The van der Waals surface area contributed by atoms with Crippen molar-refractivity contribution >= 4 is 17.5 Å². The van der Waals surface area contributed by atoms with Gasteiger partial charge in [0.25, 0.3) is 0 Å². The Morgan fingerprint density at radius 3 is 2.38 bits per heavy atom. The topological polar surface area (TPSA) is 68.3 Å². The van der Waals surface area contributed by atoms with Crippen LogP contribution in [0.1, 0.15) is 5.69 Å². The zero-order valence-electron chi connectivity index (χ0n) is 14.9. The Hall–Kier alpha value is -3.28. The lowest BCUT2D eigenvalue weighted by atomic mass is 10.3. The van der Waals surface area contributed by atoms with Crippen LogP contribution in [0.3, 0.4) is 0 Å². The average molecular weight is 350 g/mol. The molecule has 0 aliphatic rings. The second-order valence-electron chi connectivity index (χ2n) is 5.66. The summed E-state index contributed by atoms with van der Waals surface area (Å²) in [4.78, 5) is 8.91. The summed E-state index contributed by atoms with van der Waals surface area (Å²) in [6.45, 7) is 3.10. The van der Waals surface area contributed by atoms with Crippen LogP contribution in [0.15, 0.2) is 60.7 Å². The zero-order chi connectivity index (χ0) is 18.2. The molecule has 3 rings (SSSR count). The normalized spacial score (nSPS) is 10.2. The lowest BCUT2D eigenvalue weighted by Crippen LogP contribution is -2.13. The maximum absolute atomic E-state index is 5.71. The quantitative estimate of drug-likeness (QED) is 0.598. The number of aromatic nitrogens is 2. The molecule has 0 aliphatic heterocycles. The van der Waals surface area contributed by atoms with Gasteiger partial charge in [-0.3, -0.25) is 0 Å². The molecule has 0 saturated heterocycles. The minimum absolute atomic E-state index is 0.525. The van der Waals surface area contributed by atoms with Crippen molar-refractivity contribution in [2.45, 2.75) is 6.92 Å². The Morgan fingerprint density at radius 1 is 0.923 bits per heavy atom. The third kappa shape index (κ3) is 5.11. The molecule has 0 spiro atoms. The van der Waals surface area contributed by atoms with Gasteiger partial charge in [0.1, 0.15) is 23.9 Å². The number of ether oxygens (including phenoxy) is 2. The molecule has 0 unspecified atom stereocenters. The number of rotatable bonds is 8. The smallest absolute Gasteiger partial charge is 0.229 e. The van der Waals surface area contributed by atoms with E-state index in [4.69, 9.17) is 9.47 Å². The molecule has 2 aromatic carbocycles. The van der Waals surface area contributed by atoms with E-state index in [2.05, 4.69) is 20.6 Å². The van der Waals surface area contributed by atoms with Crippen molar-refractivity contribution in [2.75, 3.05) is 30.9 Å². The molecular weight excluding hydrogens is 328 g/mol. The van der Waals surface area contributed by atoms with Crippen LogP contribution in [0.2, 0.25) is 0 Å². The van der Waals surface area contributed by atoms with Crippen molar-refractivity contribution in [2.24, 2.45) is 0 Å². The Labute approximate surface area is 153 Å². The summed E-state index contributed by atoms with van der Waals surface area (Å²) in [5, 5.41) is 6.47. The van der Waals surface area contributed by atoms with Gasteiger partial charge < -0.3 is 20.1 Å². The first-order chi connectivity index (χ1) is 12.7. The van der Waals surface area contributed by atoms with Gasteiger partial charge in [-0.15, -0.1) is 0 Å². The Balaban J connectivity index is 1.52. The predicted octanol–water partition coefficient (Wildman–Crippen LogP) is 4.03. The molecule has 6 nitrogen and oxygen atoms in total. The predicted molar refractivity (Wildman–Crippen MR) is 103 cm³/mol. The highest BCUT2D eigenvalue weighted by Gasteiger charge is 2.03. The summed E-state index contributed by atoms with van der Waals surface area (Å²) in [6, 6.07) is 19.3. The fraction of sp³-hybridized carbons (Fsp3) is 0.200. The maximum Gasteiger partial charge on any atom is 0.229 e. The number of hydrogen-bond donors (Lipinski definition) is 2. The van der Waals surface area contributed by atoms with Gasteiger partial charge in [0.05, 0.1) is 13.7 Å². The molecule has 0 bridgehead atoms. The van der Waals surface area contributed by atoms with Crippen molar-refractivity contribution in [3.8, 4) is 11.5 Å². The van der Waals surface area contributed by atoms with Crippen molar-refractivity contribution in [1.29, 1.82) is 0 Å². The van der Waals surface area contributed by atoms with Crippen LogP contribution in [-0.2, 0) is 0 Å². The van der Waals surface area contributed by atoms with E-state index in [-0.39, 0.29) is 0 Å². The number of nitrogens with zero attached hydrogens (tertiary/aromatic N) is 2. The molecule has 0 amide bonds. The molecule has 26 heavy (non-hydrogen) atoms. The Morgan fingerprint density at radius 2 is 1.65 bits per heavy atom. The molecule has 2 N–H and O–H groups in total. The van der Waals surface area contributed by atoms with Crippen molar-refractivity contribution < 1.29 is 9.47 Å². The van der Waals surface area contributed by atoms with Crippen molar-refractivity contribution in [1.82, 2.24) is 9.97 Å². The van der Waals surface area contributed by atoms with Crippen LogP contribution >= 0.6 is 0 Å². The van der Waals surface area contributed by atoms with E-state index in [1.165, 1.54) is 0 Å². The molecule has 3 aromatic rings. The first kappa shape index (κ1) is 17.5. The lowest BCUT2D eigenvalue weighted by Gasteiger charge is -2.11. The van der Waals surface area contributed by atoms with Crippen molar-refractivity contribution in [3.63, 3.8) is 0 Å². The number of benzene rings is 2. The third-order valence-corrected chi connectivity index (χ3v) is 3.62. The van der Waals surface area contributed by atoms with Gasteiger partial charge in [-0.05, 0) is 43.3 Å². The Bertz CT molecular complexity index is 823. The number of methoxy groups -OCH3 is 1. The highest BCUT2D eigenvalue weighted by Crippen LogP contribution is 2.17. The van der Waals surface area contributed by atoms with Crippen LogP contribution in [0.25, 0.3) is 0 Å². The largest absolute Gasteiger partial charge is 0.497 e. The molecule has 134 valence electrons. The molecule has 1 aromatic heterocycles. The van der Waals surface area contributed by atoms with Gasteiger partial charge in [-0.2, -0.15) is 4.98 Å². The third-order valence-electron chi connectivity index (χ3n) is 3.62. The molecule has 0 atom stereocenters. The van der Waals surface area contributed by atoms with Gasteiger partial charge in [-0.25, -0.2) is 4.98 Å². The van der Waals surface area contributed by atoms with E-state index >= 15 is 0 Å². The summed E-state index contributed by atoms with van der Waals surface area (Å²) in [7, 11) is 1.64. The molecular formula is C20H22N4O2. The SMILES string of the molecule is COc1ccc(OCCNc2cc(C)nc(Nc3ccccc3)n2)cc1. The standard InChI is InChI=1S/C20H22N4O2/c1-15-14-19(24-20(22-15)23-16-6-4-3-5-7-16)21-12-13-26-18-10-8-17(25-2)9-11-18/h3-11,14H,12-13H2,1-2H3,(H2,21,22,23,24). The fourth-order valence-electron chi connectivity index (χ4n) is 2.39. The number of anilines is 3. The highest BCUT2D eigenvalue weighted by atomic mass is 16.5. The van der Waals surface area contributed by atoms with E-state index in [9.17, 15) is 0 Å². The van der Waals surface area contributed by atoms with E-state index in [1.807, 2.05) is 67.6 Å². The second kappa shape index (κ2) is 8.71. The van der Waals surface area contributed by atoms with Crippen molar-refractivity contribution in [3.05, 3.63) is 66.4 Å². The molecule has 6 heteroatoms. The summed E-state index contributed by atoms with van der Waals surface area (Å²) in [6.07, 6.45) is 0. The fourth-order valence-corrected chi connectivity index (χ4v) is 2.39. The highest BCUT2D eigenvalue weighted by molar-refractivity contribution is 5.54. The lowest BCUT2D eigenvalue weighted by molar-refractivity contribution is 0.331. The van der Waals surface area contributed by atoms with Gasteiger partial charge in [0.2, 0.25) is 5.95 Å². The first-order valence-corrected chi connectivity index (χ1v) is 8.41. The van der Waals surface area contributed by atoms with Gasteiger partial charge in [0, 0.05) is 17.4 Å². The van der Waals surface area contributed by atoms with Crippen LogP contribution in [0.4, 0.5) is 17.5 Å². The summed E-state index contributed by atoms with van der Waals surface area (Å²) in [5.74, 6) is 2.94. The summed E-state index contributed by atoms with van der Waals surface area (Å²) < 4.78 is 10.8. The van der Waals surface area contributed by atoms with Gasteiger partial charge in [0.15, 0.2) is 0 Å². The molecule has 0 radical (unpaired) electrons. The summed E-state index contributed by atoms with van der Waals surface area (Å²) in [5.41, 5.74) is 1.84. The molecule has 1 heterocycles. The molecule has 0 fully saturated rings. The molecule has 0 aliphatic carbocycles. The van der Waals surface area contributed by atoms with E-state index < -0.39 is 0 Å². The minimum atomic E-state index is 0.525. The van der Waals surface area contributed by atoms with Crippen LogP contribution in [-0.4, -0.2) is 30.2 Å². The van der Waals surface area contributed by atoms with E-state index in [1.54, 1.807) is 7.11 Å². The number of para-hydroxylation sites is 1. The average Bonchev–Trinajstić information content (AvgIpc) is 2.66.